The zero-order valence-electron chi connectivity index (χ0n) is 7.73. The van der Waals surface area contributed by atoms with Gasteiger partial charge in [0.15, 0.2) is 5.12 Å². The molecule has 0 aliphatic rings. The molecule has 70 valence electrons. The number of aryl methyl sites for hydroxylation is 1. The Bertz CT molecular complexity index is 269. The SMILES string of the molecule is CC(CCc1ccccc1)C(=O)S. The molecule has 0 amide bonds. The second-order valence-electron chi connectivity index (χ2n) is 3.26. The van der Waals surface area contributed by atoms with E-state index < -0.39 is 0 Å². The van der Waals surface area contributed by atoms with Gasteiger partial charge in [-0.25, -0.2) is 0 Å². The van der Waals surface area contributed by atoms with Gasteiger partial charge in [-0.2, -0.15) is 0 Å². The molecule has 0 N–H and O–H groups in total. The average Bonchev–Trinajstić information content (AvgIpc) is 2.15. The summed E-state index contributed by atoms with van der Waals surface area (Å²) in [5.74, 6) is 0.0588. The van der Waals surface area contributed by atoms with E-state index in [1.807, 2.05) is 25.1 Å². The highest BCUT2D eigenvalue weighted by Crippen LogP contribution is 2.11. The number of carbonyl (C=O) groups excluding carboxylic acids is 1. The molecule has 0 aliphatic heterocycles. The molecule has 2 heteroatoms. The highest BCUT2D eigenvalue weighted by atomic mass is 32.1. The van der Waals surface area contributed by atoms with E-state index in [1.165, 1.54) is 5.56 Å². The Labute approximate surface area is 84.6 Å². The second-order valence-corrected chi connectivity index (χ2v) is 3.70. The molecule has 0 aromatic heterocycles. The standard InChI is InChI=1S/C11H14OS/c1-9(11(12)13)7-8-10-5-3-2-4-6-10/h2-6,9H,7-8H2,1H3,(H,12,13). The fraction of sp³-hybridized carbons (Fsp3) is 0.364. The van der Waals surface area contributed by atoms with Gasteiger partial charge < -0.3 is 0 Å². The maximum atomic E-state index is 10.8. The molecule has 0 spiro atoms. The minimum absolute atomic E-state index is 0.0177. The summed E-state index contributed by atoms with van der Waals surface area (Å²) in [5.41, 5.74) is 1.28. The van der Waals surface area contributed by atoms with E-state index in [9.17, 15) is 4.79 Å². The summed E-state index contributed by atoms with van der Waals surface area (Å²) in [7, 11) is 0. The van der Waals surface area contributed by atoms with Crippen LogP contribution < -0.4 is 0 Å². The summed E-state index contributed by atoms with van der Waals surface area (Å²) < 4.78 is 0. The van der Waals surface area contributed by atoms with Crippen LogP contribution in [0, 0.1) is 5.92 Å². The first-order valence-electron chi connectivity index (χ1n) is 4.47. The van der Waals surface area contributed by atoms with E-state index in [1.54, 1.807) is 0 Å². The molecule has 0 bridgehead atoms. The molecule has 0 heterocycles. The number of thiol groups is 1. The van der Waals surface area contributed by atoms with Gasteiger partial charge in [0.05, 0.1) is 0 Å². The van der Waals surface area contributed by atoms with Crippen molar-refractivity contribution in [3.63, 3.8) is 0 Å². The van der Waals surface area contributed by atoms with Gasteiger partial charge in [-0.15, -0.1) is 12.6 Å². The second kappa shape index (κ2) is 5.07. The topological polar surface area (TPSA) is 17.1 Å². The van der Waals surface area contributed by atoms with Crippen molar-refractivity contribution in [2.45, 2.75) is 19.8 Å². The van der Waals surface area contributed by atoms with Gasteiger partial charge in [0.1, 0.15) is 0 Å². The summed E-state index contributed by atoms with van der Waals surface area (Å²) >= 11 is 3.80. The Morgan fingerprint density at radius 2 is 2.00 bits per heavy atom. The average molecular weight is 194 g/mol. The molecule has 1 nitrogen and oxygen atoms in total. The van der Waals surface area contributed by atoms with Crippen LogP contribution >= 0.6 is 12.6 Å². The van der Waals surface area contributed by atoms with E-state index in [2.05, 4.69) is 24.8 Å². The van der Waals surface area contributed by atoms with Crippen LogP contribution in [0.5, 0.6) is 0 Å². The molecule has 0 aliphatic carbocycles. The predicted octanol–water partition coefficient (Wildman–Crippen LogP) is 2.71. The quantitative estimate of drug-likeness (QED) is 0.729. The zero-order chi connectivity index (χ0) is 9.68. The Balaban J connectivity index is 2.39. The van der Waals surface area contributed by atoms with Crippen LogP contribution in [-0.2, 0) is 11.2 Å². The van der Waals surface area contributed by atoms with Crippen molar-refractivity contribution in [2.75, 3.05) is 0 Å². The molecule has 1 atom stereocenters. The Hall–Kier alpha value is -0.760. The molecule has 1 rings (SSSR count). The predicted molar refractivity (Wildman–Crippen MR) is 57.9 cm³/mol. The highest BCUT2D eigenvalue weighted by molar-refractivity contribution is 7.96. The van der Waals surface area contributed by atoms with E-state index in [0.717, 1.165) is 12.8 Å². The molecule has 0 saturated carbocycles. The van der Waals surface area contributed by atoms with Crippen molar-refractivity contribution >= 4 is 17.7 Å². The van der Waals surface area contributed by atoms with Crippen LogP contribution in [0.15, 0.2) is 30.3 Å². The van der Waals surface area contributed by atoms with Crippen molar-refractivity contribution < 1.29 is 4.79 Å². The van der Waals surface area contributed by atoms with Crippen LogP contribution in [0.4, 0.5) is 0 Å². The van der Waals surface area contributed by atoms with Crippen molar-refractivity contribution in [3.8, 4) is 0 Å². The fourth-order valence-corrected chi connectivity index (χ4v) is 1.28. The first-order valence-corrected chi connectivity index (χ1v) is 4.91. The van der Waals surface area contributed by atoms with Crippen LogP contribution in [0.1, 0.15) is 18.9 Å². The molecule has 0 radical (unpaired) electrons. The van der Waals surface area contributed by atoms with Crippen molar-refractivity contribution in [2.24, 2.45) is 5.92 Å². The van der Waals surface area contributed by atoms with E-state index >= 15 is 0 Å². The van der Waals surface area contributed by atoms with Crippen LogP contribution in [0.2, 0.25) is 0 Å². The Kier molecular flexibility index (Phi) is 4.03. The van der Waals surface area contributed by atoms with Crippen molar-refractivity contribution in [3.05, 3.63) is 35.9 Å². The maximum absolute atomic E-state index is 10.8. The van der Waals surface area contributed by atoms with Crippen molar-refractivity contribution in [1.82, 2.24) is 0 Å². The lowest BCUT2D eigenvalue weighted by molar-refractivity contribution is -0.113. The van der Waals surface area contributed by atoms with Gasteiger partial charge in [-0.3, -0.25) is 4.79 Å². The van der Waals surface area contributed by atoms with Crippen LogP contribution in [-0.4, -0.2) is 5.12 Å². The van der Waals surface area contributed by atoms with Crippen LogP contribution in [0.3, 0.4) is 0 Å². The lowest BCUT2D eigenvalue weighted by Gasteiger charge is -2.05. The van der Waals surface area contributed by atoms with Gasteiger partial charge in [-0.05, 0) is 18.4 Å². The molecule has 1 unspecified atom stereocenters. The summed E-state index contributed by atoms with van der Waals surface area (Å²) in [4.78, 5) is 10.8. The van der Waals surface area contributed by atoms with Gasteiger partial charge in [-0.1, -0.05) is 37.3 Å². The molecule has 0 saturated heterocycles. The van der Waals surface area contributed by atoms with Gasteiger partial charge in [0, 0.05) is 5.92 Å². The molecule has 0 fully saturated rings. The smallest absolute Gasteiger partial charge is 0.188 e. The maximum Gasteiger partial charge on any atom is 0.188 e. The number of hydrogen-bond acceptors (Lipinski definition) is 1. The summed E-state index contributed by atoms with van der Waals surface area (Å²) in [6.45, 7) is 1.91. The zero-order valence-corrected chi connectivity index (χ0v) is 8.63. The molecule has 13 heavy (non-hydrogen) atoms. The minimum Gasteiger partial charge on any atom is -0.287 e. The Morgan fingerprint density at radius 3 is 2.54 bits per heavy atom. The van der Waals surface area contributed by atoms with Gasteiger partial charge in [0.2, 0.25) is 0 Å². The third-order valence-electron chi connectivity index (χ3n) is 2.13. The summed E-state index contributed by atoms with van der Waals surface area (Å²) in [6, 6.07) is 10.2. The van der Waals surface area contributed by atoms with E-state index in [-0.39, 0.29) is 11.0 Å². The normalized spacial score (nSPS) is 12.5. The summed E-state index contributed by atoms with van der Waals surface area (Å²) in [6.07, 6.45) is 1.83. The van der Waals surface area contributed by atoms with E-state index in [0.29, 0.717) is 0 Å². The van der Waals surface area contributed by atoms with Gasteiger partial charge >= 0.3 is 0 Å². The Morgan fingerprint density at radius 1 is 1.38 bits per heavy atom. The molecular formula is C11H14OS. The largest absolute Gasteiger partial charge is 0.287 e. The number of benzene rings is 1. The first kappa shape index (κ1) is 10.3. The number of hydrogen-bond donors (Lipinski definition) is 1. The molecule has 1 aromatic rings. The van der Waals surface area contributed by atoms with Crippen LogP contribution in [0.25, 0.3) is 0 Å². The summed E-state index contributed by atoms with van der Waals surface area (Å²) in [5, 5.41) is -0.0177. The first-order chi connectivity index (χ1) is 6.20. The minimum atomic E-state index is -0.0177. The fourth-order valence-electron chi connectivity index (χ4n) is 1.15. The van der Waals surface area contributed by atoms with Gasteiger partial charge in [0.25, 0.3) is 0 Å². The number of rotatable bonds is 4. The van der Waals surface area contributed by atoms with E-state index in [4.69, 9.17) is 0 Å². The third kappa shape index (κ3) is 3.64. The number of carbonyl (C=O) groups is 1. The van der Waals surface area contributed by atoms with Crippen molar-refractivity contribution in [1.29, 1.82) is 0 Å². The highest BCUT2D eigenvalue weighted by Gasteiger charge is 2.07. The molecular weight excluding hydrogens is 180 g/mol. The molecule has 1 aromatic carbocycles. The lowest BCUT2D eigenvalue weighted by Crippen LogP contribution is -2.04. The monoisotopic (exact) mass is 194 g/mol. The lowest BCUT2D eigenvalue weighted by atomic mass is 10.0. The third-order valence-corrected chi connectivity index (χ3v) is 2.57.